The Hall–Kier alpha value is -3.10. The van der Waals surface area contributed by atoms with Gasteiger partial charge in [0.1, 0.15) is 17.3 Å². The largest absolute Gasteiger partial charge is 0.368 e. The molecule has 24 heavy (non-hydrogen) atoms. The summed E-state index contributed by atoms with van der Waals surface area (Å²) >= 11 is 0. The molecule has 1 aliphatic carbocycles. The lowest BCUT2D eigenvalue weighted by atomic mass is 9.96. The molecule has 0 amide bonds. The first kappa shape index (κ1) is 14.5. The van der Waals surface area contributed by atoms with Crippen LogP contribution in [0.3, 0.4) is 0 Å². The van der Waals surface area contributed by atoms with E-state index in [0.29, 0.717) is 29.8 Å². The molecular formula is C15H17N9. The SMILES string of the molecule is Nc1nc2c(c(NCc3nc(-c4cnccn4)n[nH]3)n1)CCCC2. The smallest absolute Gasteiger partial charge is 0.222 e. The quantitative estimate of drug-likeness (QED) is 0.651. The van der Waals surface area contributed by atoms with E-state index in [0.717, 1.165) is 42.8 Å². The summed E-state index contributed by atoms with van der Waals surface area (Å²) in [5.74, 6) is 2.30. The van der Waals surface area contributed by atoms with Crippen LogP contribution in [0.25, 0.3) is 11.5 Å². The number of nitrogens with zero attached hydrogens (tertiary/aromatic N) is 6. The number of aromatic amines is 1. The van der Waals surface area contributed by atoms with E-state index in [-0.39, 0.29) is 0 Å². The van der Waals surface area contributed by atoms with E-state index in [1.807, 2.05) is 0 Å². The van der Waals surface area contributed by atoms with Crippen molar-refractivity contribution in [3.63, 3.8) is 0 Å². The van der Waals surface area contributed by atoms with Crippen LogP contribution in [0.4, 0.5) is 11.8 Å². The van der Waals surface area contributed by atoms with Crippen molar-refractivity contribution in [2.45, 2.75) is 32.2 Å². The van der Waals surface area contributed by atoms with Gasteiger partial charge in [-0.05, 0) is 25.7 Å². The van der Waals surface area contributed by atoms with Crippen LogP contribution in [0.2, 0.25) is 0 Å². The first-order valence-corrected chi connectivity index (χ1v) is 7.86. The fraction of sp³-hybridized carbons (Fsp3) is 0.333. The van der Waals surface area contributed by atoms with Crippen molar-refractivity contribution in [2.75, 3.05) is 11.1 Å². The fourth-order valence-corrected chi connectivity index (χ4v) is 2.83. The summed E-state index contributed by atoms with van der Waals surface area (Å²) in [6, 6.07) is 0. The van der Waals surface area contributed by atoms with Gasteiger partial charge >= 0.3 is 0 Å². The highest BCUT2D eigenvalue weighted by Crippen LogP contribution is 2.26. The summed E-state index contributed by atoms with van der Waals surface area (Å²) in [6.45, 7) is 0.468. The van der Waals surface area contributed by atoms with Crippen LogP contribution in [0.5, 0.6) is 0 Å². The molecule has 0 unspecified atom stereocenters. The second kappa shape index (κ2) is 6.19. The Morgan fingerprint density at radius 3 is 2.92 bits per heavy atom. The predicted molar refractivity (Wildman–Crippen MR) is 87.8 cm³/mol. The molecule has 3 aromatic heterocycles. The summed E-state index contributed by atoms with van der Waals surface area (Å²) < 4.78 is 0. The number of anilines is 2. The minimum Gasteiger partial charge on any atom is -0.368 e. The molecule has 0 spiro atoms. The maximum Gasteiger partial charge on any atom is 0.222 e. The van der Waals surface area contributed by atoms with Crippen molar-refractivity contribution in [1.82, 2.24) is 35.1 Å². The monoisotopic (exact) mass is 323 g/mol. The number of rotatable bonds is 4. The van der Waals surface area contributed by atoms with Crippen molar-refractivity contribution in [2.24, 2.45) is 0 Å². The fourth-order valence-electron chi connectivity index (χ4n) is 2.83. The Labute approximate surface area is 138 Å². The number of H-pyrrole nitrogens is 1. The molecule has 0 radical (unpaired) electrons. The summed E-state index contributed by atoms with van der Waals surface area (Å²) in [7, 11) is 0. The normalized spacial score (nSPS) is 13.5. The molecule has 122 valence electrons. The molecule has 1 aliphatic rings. The third kappa shape index (κ3) is 2.87. The Morgan fingerprint density at radius 1 is 1.12 bits per heavy atom. The molecule has 0 saturated carbocycles. The van der Waals surface area contributed by atoms with Crippen molar-refractivity contribution < 1.29 is 0 Å². The predicted octanol–water partition coefficient (Wildman–Crippen LogP) is 1.12. The summed E-state index contributed by atoms with van der Waals surface area (Å²) in [5, 5.41) is 10.4. The van der Waals surface area contributed by atoms with E-state index in [1.165, 1.54) is 0 Å². The third-order valence-corrected chi connectivity index (χ3v) is 3.95. The number of fused-ring (bicyclic) bond motifs is 1. The van der Waals surface area contributed by atoms with Crippen LogP contribution in [0.1, 0.15) is 29.9 Å². The molecule has 0 saturated heterocycles. The van der Waals surface area contributed by atoms with Crippen molar-refractivity contribution >= 4 is 11.8 Å². The number of hydrogen-bond acceptors (Lipinski definition) is 8. The molecule has 3 heterocycles. The number of nitrogens with one attached hydrogen (secondary N) is 2. The van der Waals surface area contributed by atoms with Gasteiger partial charge in [0.05, 0.1) is 18.4 Å². The first-order chi connectivity index (χ1) is 11.8. The van der Waals surface area contributed by atoms with Gasteiger partial charge in [-0.25, -0.2) is 15.0 Å². The van der Waals surface area contributed by atoms with Gasteiger partial charge in [-0.3, -0.25) is 10.1 Å². The standard InChI is InChI=1S/C15H17N9/c16-15-20-10-4-2-1-3-9(10)13(22-15)19-8-12-21-14(24-23-12)11-7-17-5-6-18-11/h5-7H,1-4,8H2,(H,21,23,24)(H3,16,19,20,22). The summed E-state index contributed by atoms with van der Waals surface area (Å²) in [6.07, 6.45) is 9.07. The number of aryl methyl sites for hydroxylation is 1. The Morgan fingerprint density at radius 2 is 2.04 bits per heavy atom. The lowest BCUT2D eigenvalue weighted by Crippen LogP contribution is -2.14. The molecular weight excluding hydrogens is 306 g/mol. The van der Waals surface area contributed by atoms with Gasteiger partial charge in [0, 0.05) is 18.0 Å². The van der Waals surface area contributed by atoms with Gasteiger partial charge in [0.15, 0.2) is 0 Å². The van der Waals surface area contributed by atoms with Crippen LogP contribution in [0.15, 0.2) is 18.6 Å². The average molecular weight is 323 g/mol. The van der Waals surface area contributed by atoms with Crippen LogP contribution in [-0.4, -0.2) is 35.1 Å². The Kier molecular flexibility index (Phi) is 3.73. The van der Waals surface area contributed by atoms with E-state index in [9.17, 15) is 0 Å². The zero-order valence-electron chi connectivity index (χ0n) is 13.0. The summed E-state index contributed by atoms with van der Waals surface area (Å²) in [4.78, 5) is 21.3. The van der Waals surface area contributed by atoms with Crippen LogP contribution in [-0.2, 0) is 19.4 Å². The van der Waals surface area contributed by atoms with E-state index < -0.39 is 0 Å². The average Bonchev–Trinajstić information content (AvgIpc) is 3.09. The van der Waals surface area contributed by atoms with Crippen LogP contribution >= 0.6 is 0 Å². The number of nitrogen functional groups attached to an aromatic ring is 1. The lowest BCUT2D eigenvalue weighted by Gasteiger charge is -2.18. The number of aromatic nitrogens is 7. The van der Waals surface area contributed by atoms with E-state index in [4.69, 9.17) is 5.73 Å². The molecule has 3 aromatic rings. The molecule has 9 heteroatoms. The molecule has 9 nitrogen and oxygen atoms in total. The molecule has 4 rings (SSSR count). The first-order valence-electron chi connectivity index (χ1n) is 7.86. The highest BCUT2D eigenvalue weighted by Gasteiger charge is 2.17. The van der Waals surface area contributed by atoms with E-state index in [2.05, 4.69) is 40.4 Å². The highest BCUT2D eigenvalue weighted by atomic mass is 15.2. The highest BCUT2D eigenvalue weighted by molar-refractivity contribution is 5.51. The molecule has 4 N–H and O–H groups in total. The van der Waals surface area contributed by atoms with Crippen LogP contribution in [0, 0.1) is 0 Å². The van der Waals surface area contributed by atoms with Crippen LogP contribution < -0.4 is 11.1 Å². The molecule has 0 fully saturated rings. The van der Waals surface area contributed by atoms with Crippen molar-refractivity contribution in [3.8, 4) is 11.5 Å². The van der Waals surface area contributed by atoms with Gasteiger partial charge in [-0.15, -0.1) is 0 Å². The number of hydrogen-bond donors (Lipinski definition) is 3. The minimum atomic E-state index is 0.302. The van der Waals surface area contributed by atoms with Gasteiger partial charge < -0.3 is 11.1 Å². The third-order valence-electron chi connectivity index (χ3n) is 3.95. The molecule has 0 atom stereocenters. The second-order valence-electron chi connectivity index (χ2n) is 5.61. The van der Waals surface area contributed by atoms with Gasteiger partial charge in [0.25, 0.3) is 0 Å². The Bertz CT molecular complexity index is 843. The molecule has 0 aromatic carbocycles. The Balaban J connectivity index is 1.52. The van der Waals surface area contributed by atoms with Gasteiger partial charge in [-0.1, -0.05) is 0 Å². The van der Waals surface area contributed by atoms with E-state index >= 15 is 0 Å². The molecule has 0 aliphatic heterocycles. The topological polar surface area (TPSA) is 131 Å². The number of nitrogens with two attached hydrogens (primary N) is 1. The van der Waals surface area contributed by atoms with E-state index in [1.54, 1.807) is 18.6 Å². The summed E-state index contributed by atoms with van der Waals surface area (Å²) in [5.41, 5.74) is 8.65. The lowest BCUT2D eigenvalue weighted by molar-refractivity contribution is 0.664. The van der Waals surface area contributed by atoms with Gasteiger partial charge in [-0.2, -0.15) is 10.1 Å². The van der Waals surface area contributed by atoms with Crippen molar-refractivity contribution in [1.29, 1.82) is 0 Å². The minimum absolute atomic E-state index is 0.302. The zero-order chi connectivity index (χ0) is 16.4. The second-order valence-corrected chi connectivity index (χ2v) is 5.61. The maximum atomic E-state index is 5.82. The maximum absolute atomic E-state index is 5.82. The van der Waals surface area contributed by atoms with Crippen molar-refractivity contribution in [3.05, 3.63) is 35.7 Å². The van der Waals surface area contributed by atoms with Gasteiger partial charge in [0.2, 0.25) is 11.8 Å². The zero-order valence-corrected chi connectivity index (χ0v) is 13.0. The molecule has 0 bridgehead atoms.